The fourth-order valence-electron chi connectivity index (χ4n) is 5.11. The molecule has 0 aromatic heterocycles. The number of nitrogens with one attached hydrogen (secondary N) is 2. The first kappa shape index (κ1) is 35.8. The van der Waals surface area contributed by atoms with Crippen molar-refractivity contribution >= 4 is 21.7 Å². The first-order chi connectivity index (χ1) is 21.4. The van der Waals surface area contributed by atoms with Crippen LogP contribution in [-0.4, -0.2) is 67.8 Å². The number of nitrogens with zero attached hydrogens (tertiary/aromatic N) is 1. The van der Waals surface area contributed by atoms with Gasteiger partial charge in [-0.25, -0.2) is 17.2 Å². The Morgan fingerprint density at radius 2 is 1.53 bits per heavy atom. The van der Waals surface area contributed by atoms with Gasteiger partial charge in [-0.05, 0) is 85.3 Å². The number of carbonyl (C=O) groups excluding carboxylic acids is 2. The van der Waals surface area contributed by atoms with Crippen LogP contribution >= 0.6 is 0 Å². The molecule has 0 spiro atoms. The maximum atomic E-state index is 14.0. The second-order valence-corrected chi connectivity index (χ2v) is 13.5. The molecule has 0 aliphatic carbocycles. The van der Waals surface area contributed by atoms with E-state index >= 15 is 0 Å². The number of benzene rings is 3. The van der Waals surface area contributed by atoms with Crippen molar-refractivity contribution in [3.8, 4) is 0 Å². The van der Waals surface area contributed by atoms with Crippen LogP contribution < -0.4 is 10.6 Å². The topological polar surface area (TPSA) is 116 Å². The standard InChI is InChI=1S/C34H43F2N3O5S/c1-5-11-39(12-6-2)34(42)27-14-23(4)13-26(19-27)33(41)38-31(18-25-15-28(35)20-29(36)16-25)32(40)22-37-21-24-9-8-10-30(17-24)45(43,44)7-3/h8-10,13-17,19-20,31-32,37,40H,5-7,11-12,18,21-22H2,1-4H3,(H,38,41). The Hall–Kier alpha value is -3.67. The van der Waals surface area contributed by atoms with Crippen molar-refractivity contribution in [2.75, 3.05) is 25.4 Å². The highest BCUT2D eigenvalue weighted by molar-refractivity contribution is 7.91. The van der Waals surface area contributed by atoms with Gasteiger partial charge in [0.1, 0.15) is 11.6 Å². The highest BCUT2D eigenvalue weighted by Gasteiger charge is 2.24. The van der Waals surface area contributed by atoms with Crippen molar-refractivity contribution in [1.29, 1.82) is 0 Å². The quantitative estimate of drug-likeness (QED) is 0.206. The van der Waals surface area contributed by atoms with Gasteiger partial charge in [-0.1, -0.05) is 32.9 Å². The van der Waals surface area contributed by atoms with Gasteiger partial charge in [-0.15, -0.1) is 0 Å². The molecule has 8 nitrogen and oxygen atoms in total. The molecule has 0 radical (unpaired) electrons. The number of rotatable bonds is 16. The molecule has 0 aliphatic rings. The van der Waals surface area contributed by atoms with Crippen molar-refractivity contribution < 1.29 is 31.9 Å². The van der Waals surface area contributed by atoms with Gasteiger partial charge in [-0.3, -0.25) is 9.59 Å². The second-order valence-electron chi connectivity index (χ2n) is 11.2. The molecule has 0 heterocycles. The summed E-state index contributed by atoms with van der Waals surface area (Å²) in [6.07, 6.45) is 0.315. The van der Waals surface area contributed by atoms with E-state index in [4.69, 9.17) is 0 Å². The normalized spacial score (nSPS) is 12.9. The lowest BCUT2D eigenvalue weighted by Crippen LogP contribution is -2.48. The maximum absolute atomic E-state index is 14.0. The molecule has 3 N–H and O–H groups in total. The molecular formula is C34H43F2N3O5S. The van der Waals surface area contributed by atoms with Crippen molar-refractivity contribution in [2.24, 2.45) is 0 Å². The Bertz CT molecular complexity index is 1560. The molecule has 0 saturated carbocycles. The first-order valence-corrected chi connectivity index (χ1v) is 16.9. The lowest BCUT2D eigenvalue weighted by Gasteiger charge is -2.25. The van der Waals surface area contributed by atoms with E-state index in [-0.39, 0.29) is 47.2 Å². The zero-order valence-electron chi connectivity index (χ0n) is 26.3. The summed E-state index contributed by atoms with van der Waals surface area (Å²) in [5.74, 6) is -2.32. The third-order valence-corrected chi connectivity index (χ3v) is 9.07. The predicted molar refractivity (Wildman–Crippen MR) is 171 cm³/mol. The van der Waals surface area contributed by atoms with Crippen LogP contribution in [0.4, 0.5) is 8.78 Å². The van der Waals surface area contributed by atoms with E-state index in [2.05, 4.69) is 10.6 Å². The Labute approximate surface area is 264 Å². The molecule has 0 bridgehead atoms. The molecular weight excluding hydrogens is 600 g/mol. The van der Waals surface area contributed by atoms with Crippen LogP contribution in [0.25, 0.3) is 0 Å². The summed E-state index contributed by atoms with van der Waals surface area (Å²) in [6, 6.07) is 13.4. The number of carbonyl (C=O) groups is 2. The average molecular weight is 644 g/mol. The number of amides is 2. The molecule has 0 aliphatic heterocycles. The van der Waals surface area contributed by atoms with Crippen molar-refractivity contribution in [3.63, 3.8) is 0 Å². The van der Waals surface area contributed by atoms with Gasteiger partial charge in [0.05, 0.1) is 22.8 Å². The number of aliphatic hydroxyl groups excluding tert-OH is 1. The van der Waals surface area contributed by atoms with E-state index in [9.17, 15) is 31.9 Å². The number of halogens is 2. The van der Waals surface area contributed by atoms with E-state index in [1.807, 2.05) is 13.8 Å². The summed E-state index contributed by atoms with van der Waals surface area (Å²) in [4.78, 5) is 28.7. The molecule has 45 heavy (non-hydrogen) atoms. The molecule has 2 amide bonds. The predicted octanol–water partition coefficient (Wildman–Crippen LogP) is 4.82. The van der Waals surface area contributed by atoms with Crippen molar-refractivity contribution in [2.45, 2.75) is 70.5 Å². The van der Waals surface area contributed by atoms with Gasteiger partial charge in [0.25, 0.3) is 11.8 Å². The van der Waals surface area contributed by atoms with Gasteiger partial charge in [0, 0.05) is 43.4 Å². The van der Waals surface area contributed by atoms with Gasteiger partial charge in [0.2, 0.25) is 0 Å². The van der Waals surface area contributed by atoms with Crippen LogP contribution in [0.1, 0.15) is 71.0 Å². The van der Waals surface area contributed by atoms with E-state index in [0.717, 1.165) is 31.0 Å². The second kappa shape index (κ2) is 16.6. The van der Waals surface area contributed by atoms with E-state index in [1.54, 1.807) is 49.1 Å². The lowest BCUT2D eigenvalue weighted by atomic mass is 9.99. The van der Waals surface area contributed by atoms with Gasteiger partial charge in [0.15, 0.2) is 9.84 Å². The Balaban J connectivity index is 1.81. The molecule has 0 fully saturated rings. The summed E-state index contributed by atoms with van der Waals surface area (Å²) < 4.78 is 52.5. The van der Waals surface area contributed by atoms with Crippen LogP contribution in [0, 0.1) is 18.6 Å². The fourth-order valence-corrected chi connectivity index (χ4v) is 6.07. The van der Waals surface area contributed by atoms with E-state index < -0.39 is 39.5 Å². The highest BCUT2D eigenvalue weighted by atomic mass is 32.2. The minimum absolute atomic E-state index is 0.0198. The van der Waals surface area contributed by atoms with Crippen molar-refractivity contribution in [1.82, 2.24) is 15.5 Å². The van der Waals surface area contributed by atoms with Gasteiger partial charge in [-0.2, -0.15) is 0 Å². The zero-order chi connectivity index (χ0) is 33.1. The maximum Gasteiger partial charge on any atom is 0.253 e. The SMILES string of the molecule is CCCN(CCC)C(=O)c1cc(C)cc(C(=O)NC(Cc2cc(F)cc(F)c2)C(O)CNCc2cccc(S(=O)(=O)CC)c2)c1. The molecule has 11 heteroatoms. The van der Waals surface area contributed by atoms with Crippen LogP contribution in [0.2, 0.25) is 0 Å². The summed E-state index contributed by atoms with van der Waals surface area (Å²) in [5.41, 5.74) is 2.22. The third kappa shape index (κ3) is 10.4. The number of hydrogen-bond donors (Lipinski definition) is 3. The minimum Gasteiger partial charge on any atom is -0.390 e. The fraction of sp³-hybridized carbons (Fsp3) is 0.412. The van der Waals surface area contributed by atoms with Gasteiger partial charge >= 0.3 is 0 Å². The van der Waals surface area contributed by atoms with Crippen LogP contribution in [0.15, 0.2) is 65.6 Å². The molecule has 2 unspecified atom stereocenters. The number of hydrogen-bond acceptors (Lipinski definition) is 6. The largest absolute Gasteiger partial charge is 0.390 e. The molecule has 3 aromatic rings. The minimum atomic E-state index is -3.39. The summed E-state index contributed by atoms with van der Waals surface area (Å²) in [5, 5.41) is 17.0. The molecule has 244 valence electrons. The van der Waals surface area contributed by atoms with Crippen LogP contribution in [0.3, 0.4) is 0 Å². The third-order valence-electron chi connectivity index (χ3n) is 7.34. The smallest absolute Gasteiger partial charge is 0.253 e. The average Bonchev–Trinajstić information content (AvgIpc) is 2.99. The number of aryl methyl sites for hydroxylation is 1. The Morgan fingerprint density at radius 1 is 0.889 bits per heavy atom. The van der Waals surface area contributed by atoms with E-state index in [1.165, 1.54) is 12.1 Å². The van der Waals surface area contributed by atoms with Crippen LogP contribution in [0.5, 0.6) is 0 Å². The van der Waals surface area contributed by atoms with E-state index in [0.29, 0.717) is 29.8 Å². The zero-order valence-corrected chi connectivity index (χ0v) is 27.1. The lowest BCUT2D eigenvalue weighted by molar-refractivity contribution is 0.0755. The summed E-state index contributed by atoms with van der Waals surface area (Å²) in [6.45, 7) is 8.72. The van der Waals surface area contributed by atoms with Crippen molar-refractivity contribution in [3.05, 3.63) is 100 Å². The monoisotopic (exact) mass is 643 g/mol. The number of aliphatic hydroxyl groups is 1. The molecule has 2 atom stereocenters. The summed E-state index contributed by atoms with van der Waals surface area (Å²) >= 11 is 0. The molecule has 3 aromatic carbocycles. The summed E-state index contributed by atoms with van der Waals surface area (Å²) in [7, 11) is -3.39. The molecule has 3 rings (SSSR count). The highest BCUT2D eigenvalue weighted by Crippen LogP contribution is 2.17. The Kier molecular flexibility index (Phi) is 13.2. The van der Waals surface area contributed by atoms with Crippen LogP contribution in [-0.2, 0) is 22.8 Å². The van der Waals surface area contributed by atoms with Gasteiger partial charge < -0.3 is 20.6 Å². The molecule has 0 saturated heterocycles. The Morgan fingerprint density at radius 3 is 2.16 bits per heavy atom. The first-order valence-electron chi connectivity index (χ1n) is 15.2. The number of sulfone groups is 1.